The second kappa shape index (κ2) is 10.1. The molecule has 8 heteroatoms. The lowest BCUT2D eigenvalue weighted by Gasteiger charge is -2.12. The minimum absolute atomic E-state index is 0.0637. The zero-order valence-corrected chi connectivity index (χ0v) is 20.8. The monoisotopic (exact) mass is 508 g/mol. The highest BCUT2D eigenvalue weighted by molar-refractivity contribution is 7.99. The maximum Gasteiger partial charge on any atom is 0.274 e. The lowest BCUT2D eigenvalue weighted by Crippen LogP contribution is -2.22. The fraction of sp³-hybridized carbons (Fsp3) is 0.154. The minimum atomic E-state index is -0.0637. The number of hydrogen-bond donors (Lipinski definition) is 0. The first-order chi connectivity index (χ1) is 16.6. The van der Waals surface area contributed by atoms with Crippen LogP contribution in [0.1, 0.15) is 12.5 Å². The van der Waals surface area contributed by atoms with Crippen LogP contribution in [0.25, 0.3) is 22.1 Å². The molecule has 5 aromatic rings. The summed E-state index contributed by atoms with van der Waals surface area (Å²) in [6.45, 7) is 2.99. The Morgan fingerprint density at radius 1 is 1.06 bits per heavy atom. The van der Waals surface area contributed by atoms with Gasteiger partial charge in [0.1, 0.15) is 0 Å². The van der Waals surface area contributed by atoms with Crippen molar-refractivity contribution >= 4 is 56.8 Å². The van der Waals surface area contributed by atoms with Crippen LogP contribution in [0.5, 0.6) is 11.5 Å². The Balaban J connectivity index is 1.35. The predicted molar refractivity (Wildman–Crippen MR) is 141 cm³/mol. The maximum atomic E-state index is 13.0. The molecular weight excluding hydrogens is 488 g/mol. The van der Waals surface area contributed by atoms with Gasteiger partial charge in [-0.2, -0.15) is 0 Å². The van der Waals surface area contributed by atoms with Gasteiger partial charge < -0.3 is 9.47 Å². The normalized spacial score (nSPS) is 12.0. The van der Waals surface area contributed by atoms with E-state index in [1.54, 1.807) is 16.2 Å². The lowest BCUT2D eigenvalue weighted by molar-refractivity contribution is 0.289. The Morgan fingerprint density at radius 3 is 2.71 bits per heavy atom. The predicted octanol–water partition coefficient (Wildman–Crippen LogP) is 5.68. The Labute approximate surface area is 209 Å². The number of benzene rings is 3. The van der Waals surface area contributed by atoms with E-state index in [9.17, 15) is 4.79 Å². The molecule has 2 aromatic heterocycles. The van der Waals surface area contributed by atoms with Crippen molar-refractivity contribution in [3.05, 3.63) is 92.2 Å². The van der Waals surface area contributed by atoms with Crippen LogP contribution in [0.15, 0.2) is 76.4 Å². The van der Waals surface area contributed by atoms with Gasteiger partial charge in [-0.15, -0.1) is 11.8 Å². The van der Waals surface area contributed by atoms with E-state index in [-0.39, 0.29) is 5.56 Å². The highest BCUT2D eigenvalue weighted by atomic mass is 35.5. The van der Waals surface area contributed by atoms with Crippen molar-refractivity contribution in [3.8, 4) is 11.5 Å². The largest absolute Gasteiger partial charge is 0.490 e. The SMILES string of the molecule is CCOc1cc(C=c2sc3nc4ccccc4n3c2=O)ccc1OCCSc1ccc(Cl)cc1. The molecule has 0 unspecified atom stereocenters. The molecule has 172 valence electrons. The summed E-state index contributed by atoms with van der Waals surface area (Å²) in [7, 11) is 0. The molecule has 0 fully saturated rings. The average Bonchev–Trinajstić information content (AvgIpc) is 3.35. The molecule has 3 aromatic carbocycles. The van der Waals surface area contributed by atoms with Gasteiger partial charge in [0.05, 0.1) is 28.8 Å². The number of thioether (sulfide) groups is 1. The first kappa shape index (κ1) is 22.8. The lowest BCUT2D eigenvalue weighted by atomic mass is 10.2. The Kier molecular flexibility index (Phi) is 6.76. The van der Waals surface area contributed by atoms with E-state index in [1.807, 2.05) is 79.7 Å². The highest BCUT2D eigenvalue weighted by Gasteiger charge is 2.11. The third-order valence-corrected chi connectivity index (χ3v) is 7.33. The number of thiazole rings is 1. The number of rotatable bonds is 8. The fourth-order valence-electron chi connectivity index (χ4n) is 3.61. The minimum Gasteiger partial charge on any atom is -0.490 e. The quantitative estimate of drug-likeness (QED) is 0.199. The number of hydrogen-bond acceptors (Lipinski definition) is 6. The first-order valence-corrected chi connectivity index (χ1v) is 13.0. The standard InChI is InChI=1S/C26H21ClN2O3S2/c1-2-31-23-15-17(7-12-22(23)32-13-14-33-19-10-8-18(27)9-11-19)16-24-25(30)29-21-6-4-3-5-20(21)28-26(29)34-24/h3-12,15-16H,2,13-14H2,1H3. The third kappa shape index (κ3) is 4.78. The molecular formula is C26H21ClN2O3S2. The second-order valence-corrected chi connectivity index (χ2v) is 10.0. The Morgan fingerprint density at radius 2 is 1.88 bits per heavy atom. The summed E-state index contributed by atoms with van der Waals surface area (Å²) in [5, 5.41) is 0.730. The van der Waals surface area contributed by atoms with Crippen molar-refractivity contribution in [1.29, 1.82) is 0 Å². The van der Waals surface area contributed by atoms with Gasteiger partial charge in [-0.25, -0.2) is 9.38 Å². The molecule has 2 heterocycles. The summed E-state index contributed by atoms with van der Waals surface area (Å²) >= 11 is 9.03. The number of nitrogens with zero attached hydrogens (tertiary/aromatic N) is 2. The molecule has 0 saturated heterocycles. The second-order valence-electron chi connectivity index (χ2n) is 7.42. The van der Waals surface area contributed by atoms with E-state index < -0.39 is 0 Å². The van der Waals surface area contributed by atoms with Crippen LogP contribution >= 0.6 is 34.7 Å². The van der Waals surface area contributed by atoms with Gasteiger partial charge in [0.2, 0.25) is 0 Å². The van der Waals surface area contributed by atoms with Crippen LogP contribution in [-0.2, 0) is 0 Å². The molecule has 34 heavy (non-hydrogen) atoms. The summed E-state index contributed by atoms with van der Waals surface area (Å²) < 4.78 is 14.1. The zero-order chi connectivity index (χ0) is 23.5. The van der Waals surface area contributed by atoms with Crippen molar-refractivity contribution in [2.45, 2.75) is 11.8 Å². The van der Waals surface area contributed by atoms with Crippen LogP contribution in [0.2, 0.25) is 5.02 Å². The molecule has 5 nitrogen and oxygen atoms in total. The molecule has 0 atom stereocenters. The third-order valence-electron chi connectivity index (χ3n) is 5.13. The van der Waals surface area contributed by atoms with Gasteiger partial charge in [-0.05, 0) is 67.1 Å². The summed E-state index contributed by atoms with van der Waals surface area (Å²) in [6.07, 6.45) is 1.87. The van der Waals surface area contributed by atoms with E-state index >= 15 is 0 Å². The van der Waals surface area contributed by atoms with Crippen LogP contribution in [0, 0.1) is 0 Å². The van der Waals surface area contributed by atoms with E-state index in [1.165, 1.54) is 11.3 Å². The summed E-state index contributed by atoms with van der Waals surface area (Å²) in [5.41, 5.74) is 2.46. The van der Waals surface area contributed by atoms with Gasteiger partial charge in [0, 0.05) is 15.7 Å². The molecule has 0 aliphatic carbocycles. The smallest absolute Gasteiger partial charge is 0.274 e. The number of imidazole rings is 1. The van der Waals surface area contributed by atoms with E-state index in [4.69, 9.17) is 21.1 Å². The van der Waals surface area contributed by atoms with Gasteiger partial charge in [-0.1, -0.05) is 41.1 Å². The summed E-state index contributed by atoms with van der Waals surface area (Å²) in [5.74, 6) is 2.14. The number of fused-ring (bicyclic) bond motifs is 3. The molecule has 0 radical (unpaired) electrons. The van der Waals surface area contributed by atoms with Crippen molar-refractivity contribution in [3.63, 3.8) is 0 Å². The van der Waals surface area contributed by atoms with Crippen LogP contribution in [-0.4, -0.2) is 28.4 Å². The van der Waals surface area contributed by atoms with E-state index in [2.05, 4.69) is 4.98 Å². The molecule has 0 saturated carbocycles. The van der Waals surface area contributed by atoms with Crippen molar-refractivity contribution in [1.82, 2.24) is 9.38 Å². The van der Waals surface area contributed by atoms with E-state index in [0.29, 0.717) is 34.2 Å². The Hall–Kier alpha value is -3.00. The topological polar surface area (TPSA) is 52.8 Å². The van der Waals surface area contributed by atoms with Crippen molar-refractivity contribution in [2.24, 2.45) is 0 Å². The summed E-state index contributed by atoms with van der Waals surface area (Å²) in [6, 6.07) is 21.2. The maximum absolute atomic E-state index is 13.0. The fourth-order valence-corrected chi connectivity index (χ4v) is 5.45. The highest BCUT2D eigenvalue weighted by Crippen LogP contribution is 2.29. The van der Waals surface area contributed by atoms with Gasteiger partial charge >= 0.3 is 0 Å². The zero-order valence-electron chi connectivity index (χ0n) is 18.4. The van der Waals surface area contributed by atoms with Crippen LogP contribution in [0.4, 0.5) is 0 Å². The molecule has 0 N–H and O–H groups in total. The van der Waals surface area contributed by atoms with Crippen molar-refractivity contribution in [2.75, 3.05) is 19.0 Å². The van der Waals surface area contributed by atoms with Gasteiger partial charge in [0.15, 0.2) is 16.5 Å². The molecule has 0 amide bonds. The van der Waals surface area contributed by atoms with Crippen LogP contribution < -0.4 is 19.6 Å². The molecule has 0 aliphatic rings. The molecule has 0 bridgehead atoms. The van der Waals surface area contributed by atoms with Crippen molar-refractivity contribution < 1.29 is 9.47 Å². The number of halogens is 1. The van der Waals surface area contributed by atoms with E-state index in [0.717, 1.165) is 32.3 Å². The molecule has 0 spiro atoms. The molecule has 0 aliphatic heterocycles. The first-order valence-electron chi connectivity index (χ1n) is 10.8. The number of para-hydroxylation sites is 2. The Bertz CT molecular complexity index is 1560. The number of ether oxygens (including phenoxy) is 2. The molecule has 5 rings (SSSR count). The summed E-state index contributed by atoms with van der Waals surface area (Å²) in [4.78, 5) is 19.4. The number of aromatic nitrogens is 2. The average molecular weight is 509 g/mol. The van der Waals surface area contributed by atoms with Gasteiger partial charge in [0.25, 0.3) is 5.56 Å². The van der Waals surface area contributed by atoms with Crippen LogP contribution in [0.3, 0.4) is 0 Å². The van der Waals surface area contributed by atoms with Gasteiger partial charge in [-0.3, -0.25) is 4.79 Å².